The highest BCUT2D eigenvalue weighted by Gasteiger charge is 2.43. The lowest BCUT2D eigenvalue weighted by molar-refractivity contribution is -0.301. The van der Waals surface area contributed by atoms with Crippen LogP contribution in [0, 0.1) is 0 Å². The molecule has 1 heterocycles. The van der Waals surface area contributed by atoms with Crippen molar-refractivity contribution in [1.29, 1.82) is 0 Å². The molecule has 0 amide bonds. The van der Waals surface area contributed by atoms with Crippen LogP contribution in [0.2, 0.25) is 0 Å². The highest BCUT2D eigenvalue weighted by Crippen LogP contribution is 2.21. The van der Waals surface area contributed by atoms with E-state index in [2.05, 4.69) is 10.0 Å². The molecule has 1 fully saturated rings. The molecule has 1 aliphatic heterocycles. The van der Waals surface area contributed by atoms with Gasteiger partial charge in [0.2, 0.25) is 0 Å². The minimum absolute atomic E-state index is 0.154. The summed E-state index contributed by atoms with van der Waals surface area (Å²) in [6.45, 7) is -0.0981. The molecule has 104 valence electrons. The molecule has 4 N–H and O–H groups in total. The lowest BCUT2D eigenvalue weighted by atomic mass is 9.99. The maximum atomic E-state index is 9.60. The monoisotopic (exact) mass is 263 g/mol. The molecule has 0 unspecified atom stereocenters. The van der Waals surface area contributed by atoms with Gasteiger partial charge in [0.05, 0.1) is 6.61 Å². The molecule has 1 rings (SSSR count). The summed E-state index contributed by atoms with van der Waals surface area (Å²) in [6, 6.07) is 0. The summed E-state index contributed by atoms with van der Waals surface area (Å²) < 4.78 is 10.3. The second kappa shape index (κ2) is 7.49. The van der Waals surface area contributed by atoms with E-state index in [1.54, 1.807) is 0 Å². The van der Waals surface area contributed by atoms with E-state index in [1.165, 1.54) is 0 Å². The van der Waals surface area contributed by atoms with E-state index >= 15 is 0 Å². The minimum atomic E-state index is -1.45. The van der Waals surface area contributed by atoms with Crippen molar-refractivity contribution in [2.75, 3.05) is 19.8 Å². The van der Waals surface area contributed by atoms with Crippen LogP contribution in [0.1, 0.15) is 6.42 Å². The van der Waals surface area contributed by atoms with Crippen molar-refractivity contribution in [1.82, 2.24) is 0 Å². The summed E-state index contributed by atoms with van der Waals surface area (Å²) in [5.41, 5.74) is 8.05. The number of ether oxygens (including phenoxy) is 2. The third kappa shape index (κ3) is 3.79. The van der Waals surface area contributed by atoms with Crippen LogP contribution in [0.25, 0.3) is 10.4 Å². The van der Waals surface area contributed by atoms with Gasteiger partial charge in [0.1, 0.15) is 24.4 Å². The third-order valence-corrected chi connectivity index (χ3v) is 2.60. The van der Waals surface area contributed by atoms with Crippen molar-refractivity contribution < 1.29 is 29.9 Å². The van der Waals surface area contributed by atoms with Crippen molar-refractivity contribution in [3.05, 3.63) is 10.4 Å². The van der Waals surface area contributed by atoms with Crippen LogP contribution in [0.15, 0.2) is 5.11 Å². The third-order valence-electron chi connectivity index (χ3n) is 2.60. The van der Waals surface area contributed by atoms with Crippen molar-refractivity contribution in [2.24, 2.45) is 5.11 Å². The van der Waals surface area contributed by atoms with E-state index < -0.39 is 37.3 Å². The van der Waals surface area contributed by atoms with Gasteiger partial charge in [0.25, 0.3) is 0 Å². The fourth-order valence-electron chi connectivity index (χ4n) is 1.58. The molecule has 9 heteroatoms. The Hall–Kier alpha value is -0.930. The topological polar surface area (TPSA) is 148 Å². The molecule has 0 saturated carbocycles. The Labute approximate surface area is 103 Å². The van der Waals surface area contributed by atoms with E-state index in [0.717, 1.165) is 0 Å². The number of azide groups is 1. The van der Waals surface area contributed by atoms with E-state index in [0.29, 0.717) is 6.42 Å². The average molecular weight is 263 g/mol. The van der Waals surface area contributed by atoms with Gasteiger partial charge in [-0.15, -0.1) is 0 Å². The lowest BCUT2D eigenvalue weighted by Gasteiger charge is -2.39. The number of nitrogens with zero attached hydrogens (tertiary/aromatic N) is 3. The van der Waals surface area contributed by atoms with Crippen molar-refractivity contribution in [3.8, 4) is 0 Å². The molecule has 1 aliphatic rings. The van der Waals surface area contributed by atoms with Gasteiger partial charge in [-0.1, -0.05) is 5.11 Å². The highest BCUT2D eigenvalue weighted by molar-refractivity contribution is 4.88. The van der Waals surface area contributed by atoms with Gasteiger partial charge in [-0.3, -0.25) is 0 Å². The Morgan fingerprint density at radius 2 is 1.94 bits per heavy atom. The summed E-state index contributed by atoms with van der Waals surface area (Å²) >= 11 is 0. The van der Waals surface area contributed by atoms with E-state index in [1.807, 2.05) is 0 Å². The van der Waals surface area contributed by atoms with Crippen LogP contribution in [0.5, 0.6) is 0 Å². The largest absolute Gasteiger partial charge is 0.394 e. The molecule has 0 aromatic heterocycles. The van der Waals surface area contributed by atoms with Crippen molar-refractivity contribution >= 4 is 0 Å². The quantitative estimate of drug-likeness (QED) is 0.198. The van der Waals surface area contributed by atoms with Gasteiger partial charge in [0, 0.05) is 18.1 Å². The molecular formula is C9H17N3O6. The fourth-order valence-corrected chi connectivity index (χ4v) is 1.58. The first kappa shape index (κ1) is 15.1. The Morgan fingerprint density at radius 1 is 1.22 bits per heavy atom. The molecule has 0 bridgehead atoms. The molecule has 0 spiro atoms. The summed E-state index contributed by atoms with van der Waals surface area (Å²) in [4.78, 5) is 2.56. The van der Waals surface area contributed by atoms with E-state index in [4.69, 9.17) is 20.1 Å². The van der Waals surface area contributed by atoms with Crippen LogP contribution in [0.4, 0.5) is 0 Å². The van der Waals surface area contributed by atoms with Gasteiger partial charge in [-0.25, -0.2) is 0 Å². The van der Waals surface area contributed by atoms with Crippen molar-refractivity contribution in [2.45, 2.75) is 37.1 Å². The molecule has 0 aromatic carbocycles. The smallest absolute Gasteiger partial charge is 0.186 e. The van der Waals surface area contributed by atoms with Crippen LogP contribution in [-0.2, 0) is 9.47 Å². The standard InChI is InChI=1S/C9H17N3O6/c10-12-11-2-1-3-17-9-8(16)7(15)6(14)5(4-13)18-9/h5-9,13-16H,1-4H2/t5-,6+,7-,8+,9+/m1/s1. The maximum Gasteiger partial charge on any atom is 0.186 e. The predicted molar refractivity (Wildman–Crippen MR) is 58.3 cm³/mol. The van der Waals surface area contributed by atoms with Crippen LogP contribution < -0.4 is 0 Å². The van der Waals surface area contributed by atoms with Crippen molar-refractivity contribution in [3.63, 3.8) is 0 Å². The summed E-state index contributed by atoms with van der Waals surface area (Å²) in [5, 5.41) is 40.8. The maximum absolute atomic E-state index is 9.60. The van der Waals surface area contributed by atoms with Crippen LogP contribution >= 0.6 is 0 Å². The Kier molecular flexibility index (Phi) is 6.30. The molecule has 9 nitrogen and oxygen atoms in total. The molecule has 5 atom stereocenters. The van der Waals surface area contributed by atoms with E-state index in [9.17, 15) is 15.3 Å². The molecule has 0 aliphatic carbocycles. The van der Waals surface area contributed by atoms with Gasteiger partial charge >= 0.3 is 0 Å². The molecular weight excluding hydrogens is 246 g/mol. The van der Waals surface area contributed by atoms with Gasteiger partial charge in [-0.05, 0) is 12.0 Å². The Bertz CT molecular complexity index is 296. The highest BCUT2D eigenvalue weighted by atomic mass is 16.7. The normalized spacial score (nSPS) is 36.1. The second-order valence-corrected chi connectivity index (χ2v) is 3.88. The average Bonchev–Trinajstić information content (AvgIpc) is 2.38. The fraction of sp³-hybridized carbons (Fsp3) is 1.00. The first-order valence-corrected chi connectivity index (χ1v) is 5.54. The second-order valence-electron chi connectivity index (χ2n) is 3.88. The van der Waals surface area contributed by atoms with Gasteiger partial charge in [0.15, 0.2) is 6.29 Å². The number of hydrogen-bond donors (Lipinski definition) is 4. The predicted octanol–water partition coefficient (Wildman–Crippen LogP) is -1.50. The summed E-state index contributed by atoms with van der Waals surface area (Å²) in [6.07, 6.45) is -5.93. The first-order chi connectivity index (χ1) is 8.61. The molecule has 0 aromatic rings. The van der Waals surface area contributed by atoms with Gasteiger partial charge in [-0.2, -0.15) is 0 Å². The molecule has 0 radical (unpaired) electrons. The summed E-state index contributed by atoms with van der Waals surface area (Å²) in [7, 11) is 0. The number of aliphatic hydroxyl groups excluding tert-OH is 4. The molecule has 18 heavy (non-hydrogen) atoms. The summed E-state index contributed by atoms with van der Waals surface area (Å²) in [5.74, 6) is 0. The number of rotatable bonds is 6. The van der Waals surface area contributed by atoms with E-state index in [-0.39, 0.29) is 13.2 Å². The number of aliphatic hydroxyl groups is 4. The first-order valence-electron chi connectivity index (χ1n) is 5.54. The van der Waals surface area contributed by atoms with Crippen LogP contribution in [0.3, 0.4) is 0 Å². The zero-order valence-corrected chi connectivity index (χ0v) is 9.66. The Balaban J connectivity index is 2.41. The zero-order chi connectivity index (χ0) is 13.5. The Morgan fingerprint density at radius 3 is 2.56 bits per heavy atom. The van der Waals surface area contributed by atoms with Gasteiger partial charge < -0.3 is 29.9 Å². The zero-order valence-electron chi connectivity index (χ0n) is 9.66. The molecule has 1 saturated heterocycles. The lowest BCUT2D eigenvalue weighted by Crippen LogP contribution is -2.59. The van der Waals surface area contributed by atoms with Crippen LogP contribution in [-0.4, -0.2) is 70.9 Å². The minimum Gasteiger partial charge on any atom is -0.394 e. The SMILES string of the molecule is [N-]=[N+]=NCCCO[C@H]1O[C@H](CO)[C@H](O)[C@@H](O)[C@@H]1O. The number of hydrogen-bond acceptors (Lipinski definition) is 7.